The van der Waals surface area contributed by atoms with Crippen molar-refractivity contribution in [1.29, 1.82) is 0 Å². The first-order valence-electron chi connectivity index (χ1n) is 7.69. The van der Waals surface area contributed by atoms with Gasteiger partial charge < -0.3 is 9.73 Å². The van der Waals surface area contributed by atoms with Crippen LogP contribution in [0.3, 0.4) is 0 Å². The molecule has 0 radical (unpaired) electrons. The molecular formula is C16H22N4O2. The van der Waals surface area contributed by atoms with E-state index in [0.29, 0.717) is 12.6 Å². The topological polar surface area (TPSA) is 63.3 Å². The molecule has 3 rings (SSSR count). The minimum Gasteiger partial charge on any atom is -0.467 e. The van der Waals surface area contributed by atoms with Gasteiger partial charge in [-0.15, -0.1) is 0 Å². The normalized spacial score (nSPS) is 20.2. The number of hydrogen-bond acceptors (Lipinski definition) is 4. The third-order valence-corrected chi connectivity index (χ3v) is 4.17. The van der Waals surface area contributed by atoms with Gasteiger partial charge in [0.25, 0.3) is 0 Å². The average molecular weight is 302 g/mol. The Morgan fingerprint density at radius 3 is 3.14 bits per heavy atom. The van der Waals surface area contributed by atoms with Crippen LogP contribution in [0.5, 0.6) is 0 Å². The number of carbonyl (C=O) groups excluding carboxylic acids is 1. The van der Waals surface area contributed by atoms with Crippen molar-refractivity contribution in [2.75, 3.05) is 13.1 Å². The Morgan fingerprint density at radius 1 is 1.59 bits per heavy atom. The first kappa shape index (κ1) is 14.8. The molecule has 22 heavy (non-hydrogen) atoms. The molecule has 1 amide bonds. The zero-order chi connectivity index (χ0) is 15.5. The van der Waals surface area contributed by atoms with Crippen molar-refractivity contribution in [3.05, 3.63) is 42.1 Å². The molecule has 2 aromatic rings. The lowest BCUT2D eigenvalue weighted by molar-refractivity contribution is -0.123. The number of likely N-dealkylation sites (tertiary alicyclic amines) is 1. The first-order chi connectivity index (χ1) is 10.6. The lowest BCUT2D eigenvalue weighted by Crippen LogP contribution is -2.37. The second-order valence-electron chi connectivity index (χ2n) is 5.88. The third kappa shape index (κ3) is 3.22. The van der Waals surface area contributed by atoms with Crippen LogP contribution in [0.2, 0.25) is 0 Å². The van der Waals surface area contributed by atoms with Gasteiger partial charge in [-0.3, -0.25) is 14.4 Å². The van der Waals surface area contributed by atoms with Crippen molar-refractivity contribution in [1.82, 2.24) is 20.0 Å². The van der Waals surface area contributed by atoms with Gasteiger partial charge in [0, 0.05) is 24.8 Å². The van der Waals surface area contributed by atoms with Crippen molar-refractivity contribution in [2.24, 2.45) is 7.05 Å². The highest BCUT2D eigenvalue weighted by molar-refractivity contribution is 5.78. The van der Waals surface area contributed by atoms with E-state index in [1.807, 2.05) is 43.2 Å². The minimum absolute atomic E-state index is 0.0275. The fraction of sp³-hybridized carbons (Fsp3) is 0.500. The van der Waals surface area contributed by atoms with Gasteiger partial charge in [-0.25, -0.2) is 0 Å². The molecule has 1 aliphatic heterocycles. The summed E-state index contributed by atoms with van der Waals surface area (Å²) in [7, 11) is 1.92. The molecule has 118 valence electrons. The third-order valence-electron chi connectivity index (χ3n) is 4.17. The molecule has 0 bridgehead atoms. The standard InChI is InChI=1S/C16H22N4O2/c1-12(15-6-4-8-22-15)18-16(21)11-20-7-3-5-14(20)13-9-17-19(2)10-13/h4,6,8-10,12,14H,3,5,7,11H2,1-2H3,(H,18,21)/t12-,14-/m1/s1. The molecule has 0 spiro atoms. The number of nitrogens with one attached hydrogen (secondary N) is 1. The summed E-state index contributed by atoms with van der Waals surface area (Å²) < 4.78 is 7.13. The molecule has 2 aromatic heterocycles. The highest BCUT2D eigenvalue weighted by Gasteiger charge is 2.28. The van der Waals surface area contributed by atoms with Crippen molar-refractivity contribution < 1.29 is 9.21 Å². The molecule has 6 nitrogen and oxygen atoms in total. The molecule has 2 atom stereocenters. The number of aromatic nitrogens is 2. The summed E-state index contributed by atoms with van der Waals surface area (Å²) in [6, 6.07) is 3.89. The van der Waals surface area contributed by atoms with Gasteiger partial charge in [0.15, 0.2) is 0 Å². The Hall–Kier alpha value is -2.08. The number of carbonyl (C=O) groups is 1. The Kier molecular flexibility index (Phi) is 4.29. The fourth-order valence-corrected chi connectivity index (χ4v) is 3.09. The molecule has 1 aliphatic rings. The Morgan fingerprint density at radius 2 is 2.45 bits per heavy atom. The van der Waals surface area contributed by atoms with Crippen molar-refractivity contribution in [2.45, 2.75) is 31.8 Å². The van der Waals surface area contributed by atoms with E-state index in [1.165, 1.54) is 5.56 Å². The van der Waals surface area contributed by atoms with Crippen LogP contribution in [-0.4, -0.2) is 33.7 Å². The lowest BCUT2D eigenvalue weighted by atomic mass is 10.1. The smallest absolute Gasteiger partial charge is 0.234 e. The fourth-order valence-electron chi connectivity index (χ4n) is 3.09. The number of furan rings is 1. The zero-order valence-corrected chi connectivity index (χ0v) is 13.0. The maximum atomic E-state index is 12.3. The lowest BCUT2D eigenvalue weighted by Gasteiger charge is -2.23. The number of amides is 1. The van der Waals surface area contributed by atoms with Crippen molar-refractivity contribution in [3.63, 3.8) is 0 Å². The molecule has 3 heterocycles. The van der Waals surface area contributed by atoms with Gasteiger partial charge in [0.2, 0.25) is 5.91 Å². The van der Waals surface area contributed by atoms with Crippen LogP contribution in [0.4, 0.5) is 0 Å². The van der Waals surface area contributed by atoms with Crippen molar-refractivity contribution >= 4 is 5.91 Å². The van der Waals surface area contributed by atoms with Gasteiger partial charge in [0.1, 0.15) is 5.76 Å². The number of hydrogen-bond donors (Lipinski definition) is 1. The Balaban J connectivity index is 1.58. The van der Waals surface area contributed by atoms with E-state index in [0.717, 1.165) is 25.1 Å². The van der Waals surface area contributed by atoms with E-state index in [-0.39, 0.29) is 11.9 Å². The van der Waals surface area contributed by atoms with Crippen LogP contribution in [0.15, 0.2) is 35.2 Å². The predicted octanol–water partition coefficient (Wildman–Crippen LogP) is 2.03. The van der Waals surface area contributed by atoms with Crippen LogP contribution >= 0.6 is 0 Å². The molecule has 1 fully saturated rings. The summed E-state index contributed by atoms with van der Waals surface area (Å²) in [5.74, 6) is 0.804. The molecular weight excluding hydrogens is 280 g/mol. The maximum Gasteiger partial charge on any atom is 0.234 e. The SMILES string of the molecule is C[C@@H](NC(=O)CN1CCC[C@@H]1c1cnn(C)c1)c1ccco1. The summed E-state index contributed by atoms with van der Waals surface area (Å²) in [5.41, 5.74) is 1.19. The molecule has 0 unspecified atom stereocenters. The first-order valence-corrected chi connectivity index (χ1v) is 7.69. The van der Waals surface area contributed by atoms with E-state index in [4.69, 9.17) is 4.42 Å². The summed E-state index contributed by atoms with van der Waals surface area (Å²) in [4.78, 5) is 14.5. The van der Waals surface area contributed by atoms with E-state index in [2.05, 4.69) is 15.3 Å². The average Bonchev–Trinajstić information content (AvgIpc) is 3.18. The van der Waals surface area contributed by atoms with Crippen molar-refractivity contribution in [3.8, 4) is 0 Å². The molecule has 6 heteroatoms. The van der Waals surface area contributed by atoms with Gasteiger partial charge in [-0.1, -0.05) is 0 Å². The molecule has 1 N–H and O–H groups in total. The molecule has 1 saturated heterocycles. The van der Waals surface area contributed by atoms with Crippen LogP contribution in [0, 0.1) is 0 Å². The van der Waals surface area contributed by atoms with E-state index < -0.39 is 0 Å². The van der Waals surface area contributed by atoms with E-state index in [9.17, 15) is 4.79 Å². The second-order valence-corrected chi connectivity index (χ2v) is 5.88. The zero-order valence-electron chi connectivity index (χ0n) is 13.0. The molecule has 0 aromatic carbocycles. The predicted molar refractivity (Wildman–Crippen MR) is 82.0 cm³/mol. The quantitative estimate of drug-likeness (QED) is 0.918. The molecule has 0 aliphatic carbocycles. The van der Waals surface area contributed by atoms with Crippen LogP contribution in [0.25, 0.3) is 0 Å². The van der Waals surface area contributed by atoms with E-state index in [1.54, 1.807) is 6.26 Å². The highest BCUT2D eigenvalue weighted by Crippen LogP contribution is 2.31. The number of rotatable bonds is 5. The summed E-state index contributed by atoms with van der Waals surface area (Å²) in [6.45, 7) is 3.28. The van der Waals surface area contributed by atoms with Gasteiger partial charge in [-0.05, 0) is 38.4 Å². The Bertz CT molecular complexity index is 620. The summed E-state index contributed by atoms with van der Waals surface area (Å²) in [5, 5.41) is 7.23. The van der Waals surface area contributed by atoms with Gasteiger partial charge >= 0.3 is 0 Å². The number of nitrogens with zero attached hydrogens (tertiary/aromatic N) is 3. The monoisotopic (exact) mass is 302 g/mol. The van der Waals surface area contributed by atoms with Gasteiger partial charge in [-0.2, -0.15) is 5.10 Å². The Labute approximate surface area is 130 Å². The maximum absolute atomic E-state index is 12.3. The van der Waals surface area contributed by atoms with Gasteiger partial charge in [0.05, 0.1) is 25.0 Å². The number of aryl methyl sites for hydroxylation is 1. The minimum atomic E-state index is -0.109. The van der Waals surface area contributed by atoms with Crippen LogP contribution in [0.1, 0.15) is 43.2 Å². The molecule has 0 saturated carbocycles. The summed E-state index contributed by atoms with van der Waals surface area (Å²) in [6.07, 6.45) is 7.74. The van der Waals surface area contributed by atoms with E-state index >= 15 is 0 Å². The van der Waals surface area contributed by atoms with Crippen LogP contribution < -0.4 is 5.32 Å². The second kappa shape index (κ2) is 6.36. The summed E-state index contributed by atoms with van der Waals surface area (Å²) >= 11 is 0. The highest BCUT2D eigenvalue weighted by atomic mass is 16.3. The van der Waals surface area contributed by atoms with Crippen LogP contribution in [-0.2, 0) is 11.8 Å². The largest absolute Gasteiger partial charge is 0.467 e.